The normalized spacial score (nSPS) is 21.7. The van der Waals surface area contributed by atoms with Gasteiger partial charge in [0.15, 0.2) is 6.29 Å². The number of allylic oxidation sites excluding steroid dienone is 5. The number of carbonyl (C=O) groups is 1. The summed E-state index contributed by atoms with van der Waals surface area (Å²) >= 11 is 0. The molecule has 7 N–H and O–H groups in total. The molecule has 0 aliphatic carbocycles. The van der Waals surface area contributed by atoms with Gasteiger partial charge in [-0.2, -0.15) is 0 Å². The summed E-state index contributed by atoms with van der Waals surface area (Å²) in [6.45, 7) is 3.57. The van der Waals surface area contributed by atoms with Gasteiger partial charge in [-0.15, -0.1) is 0 Å². The molecule has 1 heterocycles. The average Bonchev–Trinajstić information content (AvgIpc) is 3.22. The molecule has 0 bridgehead atoms. The van der Waals surface area contributed by atoms with Crippen LogP contribution < -0.4 is 5.32 Å². The molecular formula is C48H89NO9. The number of aliphatic hydroxyl groups is 6. The van der Waals surface area contributed by atoms with Gasteiger partial charge in [-0.3, -0.25) is 4.79 Å². The van der Waals surface area contributed by atoms with Crippen molar-refractivity contribution in [1.82, 2.24) is 5.32 Å². The van der Waals surface area contributed by atoms with Crippen molar-refractivity contribution in [3.63, 3.8) is 0 Å². The quantitative estimate of drug-likeness (QED) is 0.0236. The summed E-state index contributed by atoms with van der Waals surface area (Å²) in [7, 11) is 0. The van der Waals surface area contributed by atoms with Gasteiger partial charge in [0.25, 0.3) is 0 Å². The Bertz CT molecular complexity index is 1020. The van der Waals surface area contributed by atoms with Crippen LogP contribution in [0.25, 0.3) is 0 Å². The van der Waals surface area contributed by atoms with E-state index < -0.39 is 61.5 Å². The molecule has 0 aromatic rings. The van der Waals surface area contributed by atoms with Gasteiger partial charge in [0.1, 0.15) is 30.5 Å². The number of ether oxygens (including phenoxy) is 2. The third-order valence-electron chi connectivity index (χ3n) is 11.3. The number of hydrogen-bond donors (Lipinski definition) is 7. The molecule has 1 amide bonds. The molecule has 1 aliphatic rings. The topological polar surface area (TPSA) is 169 Å². The Hall–Kier alpha value is -1.63. The predicted octanol–water partition coefficient (Wildman–Crippen LogP) is 9.03. The van der Waals surface area contributed by atoms with Crippen LogP contribution in [0.4, 0.5) is 0 Å². The van der Waals surface area contributed by atoms with E-state index >= 15 is 0 Å². The van der Waals surface area contributed by atoms with Crippen LogP contribution >= 0.6 is 0 Å². The number of hydrogen-bond acceptors (Lipinski definition) is 9. The number of aliphatic hydroxyl groups excluding tert-OH is 6. The molecule has 1 rings (SSSR count). The van der Waals surface area contributed by atoms with Crippen molar-refractivity contribution in [1.29, 1.82) is 0 Å². The molecule has 58 heavy (non-hydrogen) atoms. The molecule has 2 unspecified atom stereocenters. The third-order valence-corrected chi connectivity index (χ3v) is 11.3. The molecular weight excluding hydrogens is 735 g/mol. The lowest BCUT2D eigenvalue weighted by Crippen LogP contribution is -2.60. The van der Waals surface area contributed by atoms with Crippen LogP contribution in [0.1, 0.15) is 200 Å². The molecule has 8 atom stereocenters. The maximum atomic E-state index is 13.0. The highest BCUT2D eigenvalue weighted by Gasteiger charge is 2.44. The minimum atomic E-state index is -1.61. The molecule has 0 saturated carbocycles. The van der Waals surface area contributed by atoms with Gasteiger partial charge < -0.3 is 45.4 Å². The van der Waals surface area contributed by atoms with Gasteiger partial charge in [0.05, 0.1) is 25.4 Å². The summed E-state index contributed by atoms with van der Waals surface area (Å²) in [5, 5.41) is 64.6. The standard InChI is InChI=1S/C48H89NO9/c1-3-5-7-9-11-13-15-17-18-19-20-21-22-23-25-27-29-31-33-35-37-42(52)47(56)49-40(39-57-48-46(55)45(54)44(53)43(38-50)58-48)41(51)36-34-32-30-28-26-24-16-14-12-10-8-6-4-2/h14,16-18,34,36,40-46,48,50-55H,3-13,15,19-33,35,37-39H2,1-2H3,(H,49,56)/b16-14+,18-17-,36-34+/t40-,41+,42+,43?,44-,45-,46?,48+/m0/s1. The van der Waals surface area contributed by atoms with Crippen LogP contribution in [0.5, 0.6) is 0 Å². The lowest BCUT2D eigenvalue weighted by Gasteiger charge is -2.40. The Morgan fingerprint density at radius 3 is 1.48 bits per heavy atom. The number of carbonyl (C=O) groups excluding carboxylic acids is 1. The van der Waals surface area contributed by atoms with Crippen molar-refractivity contribution in [3.05, 3.63) is 36.5 Å². The van der Waals surface area contributed by atoms with Gasteiger partial charge in [-0.1, -0.05) is 166 Å². The minimum Gasteiger partial charge on any atom is -0.394 e. The van der Waals surface area contributed by atoms with Gasteiger partial charge in [0, 0.05) is 0 Å². The van der Waals surface area contributed by atoms with E-state index in [1.165, 1.54) is 116 Å². The van der Waals surface area contributed by atoms with Gasteiger partial charge >= 0.3 is 0 Å². The number of unbranched alkanes of at least 4 members (excludes halogenated alkanes) is 24. The van der Waals surface area contributed by atoms with E-state index in [9.17, 15) is 35.4 Å². The van der Waals surface area contributed by atoms with Gasteiger partial charge in [0.2, 0.25) is 5.91 Å². The zero-order valence-electron chi connectivity index (χ0n) is 36.9. The maximum Gasteiger partial charge on any atom is 0.249 e. The first-order valence-corrected chi connectivity index (χ1v) is 23.8. The van der Waals surface area contributed by atoms with Gasteiger partial charge in [-0.05, 0) is 70.6 Å². The highest BCUT2D eigenvalue weighted by Crippen LogP contribution is 2.23. The lowest BCUT2D eigenvalue weighted by molar-refractivity contribution is -0.302. The first kappa shape index (κ1) is 54.4. The van der Waals surface area contributed by atoms with Crippen LogP contribution in [0.2, 0.25) is 0 Å². The van der Waals surface area contributed by atoms with E-state index in [0.29, 0.717) is 12.8 Å². The Balaban J connectivity index is 2.37. The van der Waals surface area contributed by atoms with Crippen LogP contribution in [0, 0.1) is 0 Å². The predicted molar refractivity (Wildman–Crippen MR) is 236 cm³/mol. The number of rotatable bonds is 39. The van der Waals surface area contributed by atoms with E-state index in [1.807, 2.05) is 6.08 Å². The van der Waals surface area contributed by atoms with Gasteiger partial charge in [-0.25, -0.2) is 0 Å². The summed E-state index contributed by atoms with van der Waals surface area (Å²) in [5.74, 6) is -0.624. The van der Waals surface area contributed by atoms with Crippen LogP contribution in [0.3, 0.4) is 0 Å². The summed E-state index contributed by atoms with van der Waals surface area (Å²) in [6.07, 6.45) is 36.6. The summed E-state index contributed by atoms with van der Waals surface area (Å²) in [5.41, 5.74) is 0. The molecule has 340 valence electrons. The zero-order valence-corrected chi connectivity index (χ0v) is 36.9. The Morgan fingerprint density at radius 1 is 0.586 bits per heavy atom. The molecule has 1 aliphatic heterocycles. The molecule has 0 aromatic heterocycles. The molecule has 0 radical (unpaired) electrons. The van der Waals surface area contributed by atoms with Crippen molar-refractivity contribution in [2.75, 3.05) is 13.2 Å². The van der Waals surface area contributed by atoms with Crippen LogP contribution in [-0.2, 0) is 14.3 Å². The van der Waals surface area contributed by atoms with E-state index in [-0.39, 0.29) is 6.61 Å². The largest absolute Gasteiger partial charge is 0.394 e. The van der Waals surface area contributed by atoms with Crippen molar-refractivity contribution in [2.45, 2.75) is 249 Å². The average molecular weight is 824 g/mol. The van der Waals surface area contributed by atoms with Crippen molar-refractivity contribution >= 4 is 5.91 Å². The van der Waals surface area contributed by atoms with Crippen molar-refractivity contribution in [2.24, 2.45) is 0 Å². The second-order valence-corrected chi connectivity index (χ2v) is 16.7. The molecule has 10 nitrogen and oxygen atoms in total. The molecule has 0 aromatic carbocycles. The highest BCUT2D eigenvalue weighted by molar-refractivity contribution is 5.80. The number of nitrogens with one attached hydrogen (secondary N) is 1. The molecule has 1 saturated heterocycles. The molecule has 10 heteroatoms. The van der Waals surface area contributed by atoms with Crippen LogP contribution in [-0.4, -0.2) is 98.7 Å². The lowest BCUT2D eigenvalue weighted by atomic mass is 9.99. The van der Waals surface area contributed by atoms with E-state index in [0.717, 1.165) is 57.8 Å². The second kappa shape index (κ2) is 38.3. The zero-order chi connectivity index (χ0) is 42.5. The fraction of sp³-hybridized carbons (Fsp3) is 0.854. The SMILES string of the molecule is CCCCCC/C=C/CCCCC/C=C/[C@@H](O)[C@H](CO[C@@H]1OC(CO)[C@H](O)[C@H](O)C1O)NC(=O)[C@H](O)CCCCCCCCCCCC/C=C\CCCCCCCC. The minimum absolute atomic E-state index is 0.305. The van der Waals surface area contributed by atoms with E-state index in [1.54, 1.807) is 6.08 Å². The summed E-state index contributed by atoms with van der Waals surface area (Å²) < 4.78 is 11.1. The summed E-state index contributed by atoms with van der Waals surface area (Å²) in [4.78, 5) is 13.0. The summed E-state index contributed by atoms with van der Waals surface area (Å²) in [6, 6.07) is -0.986. The number of amides is 1. The molecule has 0 spiro atoms. The molecule has 1 fully saturated rings. The second-order valence-electron chi connectivity index (χ2n) is 16.7. The Labute approximate surface area is 354 Å². The van der Waals surface area contributed by atoms with E-state index in [2.05, 4.69) is 43.5 Å². The fourth-order valence-electron chi connectivity index (χ4n) is 7.33. The Morgan fingerprint density at radius 2 is 1.00 bits per heavy atom. The van der Waals surface area contributed by atoms with Crippen molar-refractivity contribution < 1.29 is 44.9 Å². The first-order chi connectivity index (χ1) is 28.3. The van der Waals surface area contributed by atoms with Crippen LogP contribution in [0.15, 0.2) is 36.5 Å². The van der Waals surface area contributed by atoms with E-state index in [4.69, 9.17) is 9.47 Å². The maximum absolute atomic E-state index is 13.0. The van der Waals surface area contributed by atoms with Crippen molar-refractivity contribution in [3.8, 4) is 0 Å². The monoisotopic (exact) mass is 824 g/mol. The highest BCUT2D eigenvalue weighted by atomic mass is 16.7. The third kappa shape index (κ3) is 28.0. The first-order valence-electron chi connectivity index (χ1n) is 23.8. The fourth-order valence-corrected chi connectivity index (χ4v) is 7.33. The Kier molecular flexibility index (Phi) is 35.9. The smallest absolute Gasteiger partial charge is 0.249 e.